The van der Waals surface area contributed by atoms with E-state index < -0.39 is 0 Å². The van der Waals surface area contributed by atoms with E-state index in [1.54, 1.807) is 12.4 Å². The molecule has 0 bridgehead atoms. The van der Waals surface area contributed by atoms with Gasteiger partial charge >= 0.3 is 0 Å². The van der Waals surface area contributed by atoms with Gasteiger partial charge in [0.25, 0.3) is 0 Å². The molecule has 3 heteroatoms. The third-order valence-electron chi connectivity index (χ3n) is 1.84. The molecule has 3 nitrogen and oxygen atoms in total. The molecule has 0 spiro atoms. The highest BCUT2D eigenvalue weighted by molar-refractivity contribution is 5.22. The smallest absolute Gasteiger partial charge is 0.137 e. The molecule has 1 atom stereocenters. The summed E-state index contributed by atoms with van der Waals surface area (Å²) in [5.41, 5.74) is 6.81. The Bertz CT molecular complexity index is 264. The van der Waals surface area contributed by atoms with Gasteiger partial charge in [0.05, 0.1) is 6.20 Å². The third-order valence-corrected chi connectivity index (χ3v) is 1.84. The SMILES string of the molecule is CC.CCC(N)COc1cncc(C)c1. The Labute approximate surface area is 92.7 Å². The van der Waals surface area contributed by atoms with E-state index >= 15 is 0 Å². The summed E-state index contributed by atoms with van der Waals surface area (Å²) in [5.74, 6) is 0.795. The Balaban J connectivity index is 0.000000921. The molecule has 1 heterocycles. The van der Waals surface area contributed by atoms with E-state index in [0.29, 0.717) is 6.61 Å². The highest BCUT2D eigenvalue weighted by Crippen LogP contribution is 2.10. The fraction of sp³-hybridized carbons (Fsp3) is 0.583. The van der Waals surface area contributed by atoms with Crippen molar-refractivity contribution in [3.8, 4) is 5.75 Å². The van der Waals surface area contributed by atoms with Gasteiger partial charge in [-0.05, 0) is 25.0 Å². The lowest BCUT2D eigenvalue weighted by Crippen LogP contribution is -2.26. The Hall–Kier alpha value is -1.09. The predicted octanol–water partition coefficient (Wildman–Crippen LogP) is 2.53. The topological polar surface area (TPSA) is 48.1 Å². The number of hydrogen-bond donors (Lipinski definition) is 1. The van der Waals surface area contributed by atoms with Crippen molar-refractivity contribution in [1.82, 2.24) is 4.98 Å². The molecule has 0 radical (unpaired) electrons. The predicted molar refractivity (Wildman–Crippen MR) is 64.1 cm³/mol. The number of aromatic nitrogens is 1. The van der Waals surface area contributed by atoms with Gasteiger partial charge in [-0.15, -0.1) is 0 Å². The van der Waals surface area contributed by atoms with Crippen molar-refractivity contribution < 1.29 is 4.74 Å². The lowest BCUT2D eigenvalue weighted by molar-refractivity contribution is 0.284. The molecule has 0 saturated heterocycles. The van der Waals surface area contributed by atoms with Crippen LogP contribution in [0.2, 0.25) is 0 Å². The second kappa shape index (κ2) is 8.24. The first kappa shape index (κ1) is 13.9. The van der Waals surface area contributed by atoms with Gasteiger partial charge in [-0.1, -0.05) is 20.8 Å². The minimum Gasteiger partial charge on any atom is -0.490 e. The van der Waals surface area contributed by atoms with Crippen LogP contribution in [0.4, 0.5) is 0 Å². The quantitative estimate of drug-likeness (QED) is 0.830. The molecule has 0 aliphatic heterocycles. The monoisotopic (exact) mass is 210 g/mol. The van der Waals surface area contributed by atoms with E-state index in [0.717, 1.165) is 17.7 Å². The van der Waals surface area contributed by atoms with Crippen molar-refractivity contribution in [2.45, 2.75) is 40.2 Å². The first-order valence-electron chi connectivity index (χ1n) is 5.52. The molecule has 1 aromatic heterocycles. The van der Waals surface area contributed by atoms with E-state index in [2.05, 4.69) is 4.98 Å². The zero-order valence-corrected chi connectivity index (χ0v) is 10.2. The van der Waals surface area contributed by atoms with Crippen LogP contribution in [0, 0.1) is 6.92 Å². The second-order valence-electron chi connectivity index (χ2n) is 3.18. The van der Waals surface area contributed by atoms with Crippen LogP contribution < -0.4 is 10.5 Å². The van der Waals surface area contributed by atoms with Crippen molar-refractivity contribution in [3.05, 3.63) is 24.0 Å². The Morgan fingerprint density at radius 3 is 2.60 bits per heavy atom. The van der Waals surface area contributed by atoms with Crippen LogP contribution in [0.15, 0.2) is 18.5 Å². The molecule has 15 heavy (non-hydrogen) atoms. The van der Waals surface area contributed by atoms with Gasteiger partial charge in [0.1, 0.15) is 12.4 Å². The molecule has 86 valence electrons. The van der Waals surface area contributed by atoms with Crippen molar-refractivity contribution in [1.29, 1.82) is 0 Å². The normalized spacial score (nSPS) is 11.3. The van der Waals surface area contributed by atoms with E-state index in [-0.39, 0.29) is 6.04 Å². The highest BCUT2D eigenvalue weighted by atomic mass is 16.5. The summed E-state index contributed by atoms with van der Waals surface area (Å²) in [6.07, 6.45) is 4.43. The van der Waals surface area contributed by atoms with E-state index in [9.17, 15) is 0 Å². The minimum atomic E-state index is 0.112. The van der Waals surface area contributed by atoms with Gasteiger partial charge in [0.15, 0.2) is 0 Å². The molecule has 1 aromatic rings. The van der Waals surface area contributed by atoms with Gasteiger partial charge in [-0.2, -0.15) is 0 Å². The number of ether oxygens (including phenoxy) is 1. The summed E-state index contributed by atoms with van der Waals surface area (Å²) in [4.78, 5) is 4.02. The van der Waals surface area contributed by atoms with Crippen LogP contribution in [-0.4, -0.2) is 17.6 Å². The molecule has 0 fully saturated rings. The maximum absolute atomic E-state index is 5.71. The number of hydrogen-bond acceptors (Lipinski definition) is 3. The number of rotatable bonds is 4. The summed E-state index contributed by atoms with van der Waals surface area (Å²) in [5, 5.41) is 0. The molecule has 0 aliphatic carbocycles. The minimum absolute atomic E-state index is 0.112. The number of pyridine rings is 1. The number of aryl methyl sites for hydroxylation is 1. The molecule has 0 saturated carbocycles. The lowest BCUT2D eigenvalue weighted by atomic mass is 10.2. The zero-order chi connectivity index (χ0) is 11.7. The van der Waals surface area contributed by atoms with Crippen molar-refractivity contribution >= 4 is 0 Å². The number of nitrogens with zero attached hydrogens (tertiary/aromatic N) is 1. The van der Waals surface area contributed by atoms with Crippen molar-refractivity contribution in [3.63, 3.8) is 0 Å². The first-order chi connectivity index (χ1) is 7.22. The fourth-order valence-electron chi connectivity index (χ4n) is 0.927. The van der Waals surface area contributed by atoms with Crippen LogP contribution in [0.1, 0.15) is 32.8 Å². The van der Waals surface area contributed by atoms with Gasteiger partial charge in [0, 0.05) is 12.2 Å². The molecular formula is C12H22N2O. The fourth-order valence-corrected chi connectivity index (χ4v) is 0.927. The standard InChI is InChI=1S/C10H16N2O.C2H6/c1-3-9(11)7-13-10-4-8(2)5-12-6-10;1-2/h4-6,9H,3,7,11H2,1-2H3;1-2H3. The zero-order valence-electron chi connectivity index (χ0n) is 10.2. The Kier molecular flexibility index (Phi) is 7.64. The molecule has 1 unspecified atom stereocenters. The Morgan fingerprint density at radius 1 is 1.40 bits per heavy atom. The van der Waals surface area contributed by atoms with Crippen LogP contribution in [0.3, 0.4) is 0 Å². The summed E-state index contributed by atoms with van der Waals surface area (Å²) < 4.78 is 5.45. The maximum atomic E-state index is 5.71. The lowest BCUT2D eigenvalue weighted by Gasteiger charge is -2.10. The summed E-state index contributed by atoms with van der Waals surface area (Å²) in [7, 11) is 0. The summed E-state index contributed by atoms with van der Waals surface area (Å²) >= 11 is 0. The molecule has 1 rings (SSSR count). The van der Waals surface area contributed by atoms with Gasteiger partial charge in [-0.25, -0.2) is 0 Å². The number of nitrogens with two attached hydrogens (primary N) is 1. The molecule has 0 aliphatic rings. The summed E-state index contributed by atoms with van der Waals surface area (Å²) in [6.45, 7) is 8.59. The molecule has 0 amide bonds. The van der Waals surface area contributed by atoms with Crippen molar-refractivity contribution in [2.24, 2.45) is 5.73 Å². The molecule has 2 N–H and O–H groups in total. The van der Waals surface area contributed by atoms with Crippen LogP contribution in [-0.2, 0) is 0 Å². The summed E-state index contributed by atoms with van der Waals surface area (Å²) in [6, 6.07) is 2.07. The van der Waals surface area contributed by atoms with Gasteiger partial charge in [0.2, 0.25) is 0 Å². The average Bonchev–Trinajstić information content (AvgIpc) is 2.29. The van der Waals surface area contributed by atoms with E-state index in [1.807, 2.05) is 33.8 Å². The van der Waals surface area contributed by atoms with Gasteiger partial charge < -0.3 is 10.5 Å². The largest absolute Gasteiger partial charge is 0.490 e. The molecule has 0 aromatic carbocycles. The van der Waals surface area contributed by atoms with Crippen LogP contribution >= 0.6 is 0 Å². The van der Waals surface area contributed by atoms with Crippen molar-refractivity contribution in [2.75, 3.05) is 6.61 Å². The third kappa shape index (κ3) is 6.07. The molecular weight excluding hydrogens is 188 g/mol. The first-order valence-corrected chi connectivity index (χ1v) is 5.52. The van der Waals surface area contributed by atoms with Crippen LogP contribution in [0.5, 0.6) is 5.75 Å². The average molecular weight is 210 g/mol. The van der Waals surface area contributed by atoms with Gasteiger partial charge in [-0.3, -0.25) is 4.98 Å². The maximum Gasteiger partial charge on any atom is 0.137 e. The Morgan fingerprint density at radius 2 is 2.07 bits per heavy atom. The second-order valence-corrected chi connectivity index (χ2v) is 3.18. The highest BCUT2D eigenvalue weighted by Gasteiger charge is 2.00. The van der Waals surface area contributed by atoms with E-state index in [4.69, 9.17) is 10.5 Å². The van der Waals surface area contributed by atoms with Crippen LogP contribution in [0.25, 0.3) is 0 Å². The van der Waals surface area contributed by atoms with E-state index in [1.165, 1.54) is 0 Å².